The third kappa shape index (κ3) is 4.65. The fraction of sp³-hybridized carbons (Fsp3) is 0.407. The Hall–Kier alpha value is -3.17. The van der Waals surface area contributed by atoms with E-state index in [-0.39, 0.29) is 21.7 Å². The number of allylic oxidation sites excluding steroid dienone is 1. The van der Waals surface area contributed by atoms with Crippen molar-refractivity contribution in [3.05, 3.63) is 65.4 Å². The lowest BCUT2D eigenvalue weighted by atomic mass is 9.83. The molecule has 2 aliphatic heterocycles. The number of anilines is 2. The second-order valence-corrected chi connectivity index (χ2v) is 12.1. The number of esters is 1. The fourth-order valence-electron chi connectivity index (χ4n) is 4.95. The number of fused-ring (bicyclic) bond motifs is 1. The van der Waals surface area contributed by atoms with E-state index in [0.29, 0.717) is 5.69 Å². The molecule has 2 aliphatic rings. The van der Waals surface area contributed by atoms with Gasteiger partial charge in [-0.2, -0.15) is 0 Å². The molecule has 0 saturated carbocycles. The number of hydrogen-bond donors (Lipinski definition) is 0. The standard InChI is InChI=1S/C27H33N3O5S/c1-27(2)22-10-6-7-11-24(22)29(5)25(27)16-19(31)18-35-26(32)21-17-20(36(33,34)28(3)4)12-13-23(21)30-14-8-9-15-30/h6-7,10-13,16-17H,8-9,14-15,18H2,1-5H3. The topological polar surface area (TPSA) is 87.2 Å². The number of sulfonamides is 1. The molecule has 2 aromatic rings. The highest BCUT2D eigenvalue weighted by molar-refractivity contribution is 7.89. The van der Waals surface area contributed by atoms with Gasteiger partial charge in [0.05, 0.1) is 16.1 Å². The molecule has 0 atom stereocenters. The van der Waals surface area contributed by atoms with Crippen LogP contribution in [-0.2, 0) is 25.0 Å². The first-order valence-corrected chi connectivity index (χ1v) is 13.5. The summed E-state index contributed by atoms with van der Waals surface area (Å²) >= 11 is 0. The maximum atomic E-state index is 13.1. The highest BCUT2D eigenvalue weighted by Crippen LogP contribution is 2.46. The minimum atomic E-state index is -3.74. The molecule has 0 bridgehead atoms. The monoisotopic (exact) mass is 511 g/mol. The van der Waals surface area contributed by atoms with Crippen molar-refractivity contribution in [3.8, 4) is 0 Å². The van der Waals surface area contributed by atoms with E-state index in [2.05, 4.69) is 13.8 Å². The summed E-state index contributed by atoms with van der Waals surface area (Å²) < 4.78 is 31.9. The van der Waals surface area contributed by atoms with Crippen LogP contribution in [0.2, 0.25) is 0 Å². The van der Waals surface area contributed by atoms with Crippen molar-refractivity contribution in [2.24, 2.45) is 0 Å². The third-order valence-corrected chi connectivity index (χ3v) is 8.81. The smallest absolute Gasteiger partial charge is 0.340 e. The van der Waals surface area contributed by atoms with Crippen LogP contribution >= 0.6 is 0 Å². The van der Waals surface area contributed by atoms with E-state index in [1.54, 1.807) is 6.07 Å². The molecule has 2 aromatic carbocycles. The van der Waals surface area contributed by atoms with Crippen molar-refractivity contribution in [2.75, 3.05) is 50.6 Å². The van der Waals surface area contributed by atoms with Crippen LogP contribution in [0.3, 0.4) is 0 Å². The van der Waals surface area contributed by atoms with Crippen LogP contribution in [0.15, 0.2) is 59.1 Å². The first kappa shape index (κ1) is 25.9. The van der Waals surface area contributed by atoms with Crippen LogP contribution < -0.4 is 9.80 Å². The number of para-hydroxylation sites is 1. The lowest BCUT2D eigenvalue weighted by molar-refractivity contribution is -0.117. The van der Waals surface area contributed by atoms with Crippen LogP contribution in [0.4, 0.5) is 11.4 Å². The third-order valence-electron chi connectivity index (χ3n) is 7.00. The summed E-state index contributed by atoms with van der Waals surface area (Å²) in [7, 11) is 1.05. The number of rotatable bonds is 7. The fourth-order valence-corrected chi connectivity index (χ4v) is 5.88. The Morgan fingerprint density at radius 3 is 2.36 bits per heavy atom. The summed E-state index contributed by atoms with van der Waals surface area (Å²) in [6.07, 6.45) is 3.51. The van der Waals surface area contributed by atoms with Crippen LogP contribution in [0.1, 0.15) is 42.6 Å². The van der Waals surface area contributed by atoms with Gasteiger partial charge in [-0.15, -0.1) is 0 Å². The Labute approximate surface area is 213 Å². The Morgan fingerprint density at radius 1 is 1.06 bits per heavy atom. The average molecular weight is 512 g/mol. The van der Waals surface area contributed by atoms with Crippen LogP contribution in [0, 0.1) is 0 Å². The van der Waals surface area contributed by atoms with Gasteiger partial charge in [0.1, 0.15) is 0 Å². The summed E-state index contributed by atoms with van der Waals surface area (Å²) in [5, 5.41) is 0. The van der Waals surface area contributed by atoms with Gasteiger partial charge >= 0.3 is 5.97 Å². The summed E-state index contributed by atoms with van der Waals surface area (Å²) in [5.74, 6) is -1.06. The number of carbonyl (C=O) groups is 2. The summed E-state index contributed by atoms with van der Waals surface area (Å²) in [6, 6.07) is 12.5. The second kappa shape index (κ2) is 9.71. The highest BCUT2D eigenvalue weighted by Gasteiger charge is 2.38. The molecule has 0 spiro atoms. The van der Waals surface area contributed by atoms with Gasteiger partial charge in [0.25, 0.3) is 0 Å². The zero-order chi connectivity index (χ0) is 26.3. The molecule has 0 radical (unpaired) electrons. The Balaban J connectivity index is 1.56. The first-order chi connectivity index (χ1) is 16.9. The van der Waals surface area contributed by atoms with Gasteiger partial charge in [0, 0.05) is 57.1 Å². The van der Waals surface area contributed by atoms with Gasteiger partial charge in [-0.25, -0.2) is 17.5 Å². The van der Waals surface area contributed by atoms with E-state index in [1.165, 1.54) is 32.3 Å². The van der Waals surface area contributed by atoms with Crippen molar-refractivity contribution in [2.45, 2.75) is 37.0 Å². The van der Waals surface area contributed by atoms with E-state index in [1.807, 2.05) is 41.1 Å². The molecule has 1 fully saturated rings. The number of nitrogens with zero attached hydrogens (tertiary/aromatic N) is 3. The van der Waals surface area contributed by atoms with Gasteiger partial charge in [-0.05, 0) is 42.7 Å². The zero-order valence-electron chi connectivity index (χ0n) is 21.4. The molecule has 0 N–H and O–H groups in total. The van der Waals surface area contributed by atoms with Crippen molar-refractivity contribution >= 4 is 33.2 Å². The molecule has 0 unspecified atom stereocenters. The van der Waals surface area contributed by atoms with E-state index in [9.17, 15) is 18.0 Å². The van der Waals surface area contributed by atoms with Gasteiger partial charge in [-0.3, -0.25) is 4.79 Å². The van der Waals surface area contributed by atoms with Crippen molar-refractivity contribution < 1.29 is 22.7 Å². The van der Waals surface area contributed by atoms with Crippen molar-refractivity contribution in [3.63, 3.8) is 0 Å². The van der Waals surface area contributed by atoms with Crippen LogP contribution in [0.25, 0.3) is 0 Å². The minimum absolute atomic E-state index is 0.00272. The maximum absolute atomic E-state index is 13.1. The number of ether oxygens (including phenoxy) is 1. The van der Waals surface area contributed by atoms with Crippen molar-refractivity contribution in [1.29, 1.82) is 0 Å². The molecule has 0 amide bonds. The minimum Gasteiger partial charge on any atom is -0.454 e. The number of hydrogen-bond acceptors (Lipinski definition) is 7. The molecular weight excluding hydrogens is 478 g/mol. The molecule has 4 rings (SSSR count). The predicted octanol–water partition coefficient (Wildman–Crippen LogP) is 3.57. The zero-order valence-corrected chi connectivity index (χ0v) is 22.3. The Bertz CT molecular complexity index is 1320. The molecule has 0 aromatic heterocycles. The van der Waals surface area contributed by atoms with Gasteiger partial charge in [-0.1, -0.05) is 32.0 Å². The molecule has 0 aliphatic carbocycles. The molecule has 1 saturated heterocycles. The molecule has 192 valence electrons. The highest BCUT2D eigenvalue weighted by atomic mass is 32.2. The summed E-state index contributed by atoms with van der Waals surface area (Å²) in [4.78, 5) is 30.1. The quantitative estimate of drug-likeness (QED) is 0.415. The van der Waals surface area contributed by atoms with Crippen LogP contribution in [-0.4, -0.2) is 65.3 Å². The van der Waals surface area contributed by atoms with E-state index in [4.69, 9.17) is 4.74 Å². The van der Waals surface area contributed by atoms with Crippen molar-refractivity contribution in [1.82, 2.24) is 4.31 Å². The lowest BCUT2D eigenvalue weighted by Crippen LogP contribution is -2.26. The molecule has 9 heteroatoms. The number of ketones is 1. The Morgan fingerprint density at radius 2 is 1.72 bits per heavy atom. The molecule has 2 heterocycles. The first-order valence-electron chi connectivity index (χ1n) is 12.0. The normalized spacial score (nSPS) is 18.1. The van der Waals surface area contributed by atoms with E-state index >= 15 is 0 Å². The maximum Gasteiger partial charge on any atom is 0.340 e. The Kier molecular flexibility index (Phi) is 6.99. The largest absolute Gasteiger partial charge is 0.454 e. The molecular formula is C27H33N3O5S. The SMILES string of the molecule is CN1C(=CC(=O)COC(=O)c2cc(S(=O)(=O)N(C)C)ccc2N2CCCC2)C(C)(C)c2ccccc21. The number of carbonyl (C=O) groups excluding carboxylic acids is 2. The number of benzene rings is 2. The van der Waals surface area contributed by atoms with Crippen LogP contribution in [0.5, 0.6) is 0 Å². The second-order valence-electron chi connectivity index (χ2n) is 9.93. The van der Waals surface area contributed by atoms with Gasteiger partial charge in [0.2, 0.25) is 10.0 Å². The molecule has 36 heavy (non-hydrogen) atoms. The van der Waals surface area contributed by atoms with Gasteiger partial charge < -0.3 is 14.5 Å². The summed E-state index contributed by atoms with van der Waals surface area (Å²) in [5.41, 5.74) is 3.37. The predicted molar refractivity (Wildman–Crippen MR) is 140 cm³/mol. The van der Waals surface area contributed by atoms with Gasteiger partial charge in [0.15, 0.2) is 12.4 Å². The van der Waals surface area contributed by atoms with E-state index < -0.39 is 22.6 Å². The number of likely N-dealkylation sites (N-methyl/N-ethyl adjacent to an activating group) is 1. The molecule has 8 nitrogen and oxygen atoms in total. The average Bonchev–Trinajstić information content (AvgIpc) is 3.45. The summed E-state index contributed by atoms with van der Waals surface area (Å²) in [6.45, 7) is 5.21. The van der Waals surface area contributed by atoms with E-state index in [0.717, 1.165) is 47.2 Å². The lowest BCUT2D eigenvalue weighted by Gasteiger charge is -2.24.